The van der Waals surface area contributed by atoms with Crippen LogP contribution in [0.25, 0.3) is 10.8 Å². The Bertz CT molecular complexity index is 815. The Labute approximate surface area is 141 Å². The van der Waals surface area contributed by atoms with Crippen molar-refractivity contribution in [2.45, 2.75) is 25.5 Å². The summed E-state index contributed by atoms with van der Waals surface area (Å²) in [7, 11) is 0. The molecule has 5 heteroatoms. The molecule has 4 rings (SSSR count). The minimum absolute atomic E-state index is 0.231. The van der Waals surface area contributed by atoms with Gasteiger partial charge in [-0.25, -0.2) is 4.98 Å². The van der Waals surface area contributed by atoms with Gasteiger partial charge >= 0.3 is 0 Å². The van der Waals surface area contributed by atoms with Crippen LogP contribution in [0.1, 0.15) is 18.4 Å². The molecule has 1 aromatic carbocycles. The second-order valence-corrected chi connectivity index (χ2v) is 6.42. The van der Waals surface area contributed by atoms with E-state index in [0.29, 0.717) is 5.82 Å². The average Bonchev–Trinajstić information content (AvgIpc) is 3.08. The number of nitrogens with zero attached hydrogens (tertiary/aromatic N) is 2. The van der Waals surface area contributed by atoms with Crippen molar-refractivity contribution in [1.29, 1.82) is 0 Å². The van der Waals surface area contributed by atoms with Crippen molar-refractivity contribution in [1.82, 2.24) is 14.9 Å². The summed E-state index contributed by atoms with van der Waals surface area (Å²) < 4.78 is 6.24. The van der Waals surface area contributed by atoms with Crippen LogP contribution in [0.2, 0.25) is 0 Å². The summed E-state index contributed by atoms with van der Waals surface area (Å²) >= 11 is 0. The van der Waals surface area contributed by atoms with E-state index in [2.05, 4.69) is 33.2 Å². The van der Waals surface area contributed by atoms with Crippen molar-refractivity contribution in [3.63, 3.8) is 0 Å². The number of aromatic nitrogens is 2. The largest absolute Gasteiger partial charge is 0.489 e. The van der Waals surface area contributed by atoms with Crippen LogP contribution in [0.5, 0.6) is 5.75 Å². The quantitative estimate of drug-likeness (QED) is 0.774. The summed E-state index contributed by atoms with van der Waals surface area (Å²) in [4.78, 5) is 9.70. The second-order valence-electron chi connectivity index (χ2n) is 6.42. The fraction of sp³-hybridized carbons (Fsp3) is 0.316. The molecule has 1 saturated heterocycles. The number of likely N-dealkylation sites (tertiary alicyclic amines) is 1. The van der Waals surface area contributed by atoms with Crippen LogP contribution in [0.3, 0.4) is 0 Å². The highest BCUT2D eigenvalue weighted by molar-refractivity contribution is 5.91. The lowest BCUT2D eigenvalue weighted by molar-refractivity contribution is 0.0844. The SMILES string of the molecule is Nc1nccc2cc(OC3CCCN(Cc4cc[nH]c4)C3)ccc12. The van der Waals surface area contributed by atoms with E-state index in [1.165, 1.54) is 12.0 Å². The molecule has 0 radical (unpaired) electrons. The van der Waals surface area contributed by atoms with Gasteiger partial charge in [-0.1, -0.05) is 0 Å². The van der Waals surface area contributed by atoms with E-state index in [4.69, 9.17) is 10.5 Å². The summed E-state index contributed by atoms with van der Waals surface area (Å²) in [5.41, 5.74) is 7.24. The average molecular weight is 322 g/mol. The molecule has 24 heavy (non-hydrogen) atoms. The van der Waals surface area contributed by atoms with Gasteiger partial charge in [-0.05, 0) is 60.7 Å². The topological polar surface area (TPSA) is 67.2 Å². The minimum atomic E-state index is 0.231. The number of nitrogens with one attached hydrogen (secondary N) is 1. The number of nitrogens with two attached hydrogens (primary N) is 1. The summed E-state index contributed by atoms with van der Waals surface area (Å²) in [6.07, 6.45) is 8.27. The lowest BCUT2D eigenvalue weighted by Gasteiger charge is -2.32. The van der Waals surface area contributed by atoms with Crippen LogP contribution in [-0.4, -0.2) is 34.1 Å². The fourth-order valence-electron chi connectivity index (χ4n) is 3.41. The number of nitrogen functional groups attached to an aromatic ring is 1. The molecule has 1 atom stereocenters. The Morgan fingerprint density at radius 3 is 3.12 bits per heavy atom. The summed E-state index contributed by atoms with van der Waals surface area (Å²) in [5.74, 6) is 1.47. The number of rotatable bonds is 4. The van der Waals surface area contributed by atoms with Crippen molar-refractivity contribution in [3.05, 3.63) is 54.5 Å². The monoisotopic (exact) mass is 322 g/mol. The number of anilines is 1. The predicted octanol–water partition coefficient (Wildman–Crippen LogP) is 3.19. The number of benzene rings is 1. The number of H-pyrrole nitrogens is 1. The second kappa shape index (κ2) is 6.53. The zero-order valence-corrected chi connectivity index (χ0v) is 13.6. The molecule has 1 unspecified atom stereocenters. The van der Waals surface area contributed by atoms with Gasteiger partial charge in [-0.15, -0.1) is 0 Å². The smallest absolute Gasteiger partial charge is 0.131 e. The first-order valence-electron chi connectivity index (χ1n) is 8.43. The number of fused-ring (bicyclic) bond motifs is 1. The number of hydrogen-bond acceptors (Lipinski definition) is 4. The highest BCUT2D eigenvalue weighted by Crippen LogP contribution is 2.26. The minimum Gasteiger partial charge on any atom is -0.489 e. The summed E-state index contributed by atoms with van der Waals surface area (Å²) in [5, 5.41) is 2.04. The molecule has 3 aromatic rings. The Morgan fingerprint density at radius 2 is 2.25 bits per heavy atom. The highest BCUT2D eigenvalue weighted by Gasteiger charge is 2.21. The van der Waals surface area contributed by atoms with E-state index in [1.807, 2.05) is 24.4 Å². The first-order valence-corrected chi connectivity index (χ1v) is 8.43. The summed E-state index contributed by atoms with van der Waals surface area (Å²) in [6.45, 7) is 3.07. The lowest BCUT2D eigenvalue weighted by Crippen LogP contribution is -2.40. The Hall–Kier alpha value is -2.53. The van der Waals surface area contributed by atoms with Crippen molar-refractivity contribution >= 4 is 16.6 Å². The number of aromatic amines is 1. The molecular formula is C19H22N4O. The van der Waals surface area contributed by atoms with Crippen LogP contribution in [0, 0.1) is 0 Å². The Kier molecular flexibility index (Phi) is 4.09. The molecule has 0 aliphatic carbocycles. The lowest BCUT2D eigenvalue weighted by atomic mass is 10.1. The Morgan fingerprint density at radius 1 is 1.29 bits per heavy atom. The van der Waals surface area contributed by atoms with Crippen molar-refractivity contribution in [3.8, 4) is 5.75 Å². The standard InChI is InChI=1S/C19H22N4O/c20-19-18-4-3-16(10-15(18)6-8-22-19)24-17-2-1-9-23(13-17)12-14-5-7-21-11-14/h3-8,10-11,17,21H,1-2,9,12-13H2,(H2,20,22). The van der Waals surface area contributed by atoms with Crippen molar-refractivity contribution in [2.75, 3.05) is 18.8 Å². The molecule has 5 nitrogen and oxygen atoms in total. The molecular weight excluding hydrogens is 300 g/mol. The number of ether oxygens (including phenoxy) is 1. The third kappa shape index (κ3) is 3.21. The van der Waals surface area contributed by atoms with Gasteiger partial charge in [0.05, 0.1) is 0 Å². The maximum atomic E-state index is 6.24. The highest BCUT2D eigenvalue weighted by atomic mass is 16.5. The molecule has 0 bridgehead atoms. The number of pyridine rings is 1. The van der Waals surface area contributed by atoms with Crippen molar-refractivity contribution < 1.29 is 4.74 Å². The van der Waals surface area contributed by atoms with Gasteiger partial charge in [0.1, 0.15) is 17.7 Å². The summed E-state index contributed by atoms with van der Waals surface area (Å²) in [6, 6.07) is 10.1. The van der Waals surface area contributed by atoms with Gasteiger partial charge < -0.3 is 15.5 Å². The Balaban J connectivity index is 1.44. The molecule has 0 amide bonds. The normalized spacial score (nSPS) is 18.8. The van der Waals surface area contributed by atoms with Crippen LogP contribution in [0.15, 0.2) is 48.9 Å². The third-order valence-electron chi connectivity index (χ3n) is 4.60. The van der Waals surface area contributed by atoms with Crippen LogP contribution >= 0.6 is 0 Å². The molecule has 124 valence electrons. The van der Waals surface area contributed by atoms with E-state index in [1.54, 1.807) is 6.20 Å². The van der Waals surface area contributed by atoms with Gasteiger partial charge in [0.25, 0.3) is 0 Å². The first-order chi connectivity index (χ1) is 11.8. The zero-order chi connectivity index (χ0) is 16.4. The molecule has 3 N–H and O–H groups in total. The van der Waals surface area contributed by atoms with Crippen LogP contribution < -0.4 is 10.5 Å². The van der Waals surface area contributed by atoms with Gasteiger partial charge in [-0.2, -0.15) is 0 Å². The number of piperidine rings is 1. The molecule has 1 fully saturated rings. The van der Waals surface area contributed by atoms with Gasteiger partial charge in [0.2, 0.25) is 0 Å². The van der Waals surface area contributed by atoms with Gasteiger partial charge in [0.15, 0.2) is 0 Å². The molecule has 1 aliphatic rings. The molecule has 2 aromatic heterocycles. The predicted molar refractivity (Wildman–Crippen MR) is 95.9 cm³/mol. The third-order valence-corrected chi connectivity index (χ3v) is 4.60. The molecule has 0 saturated carbocycles. The maximum Gasteiger partial charge on any atom is 0.131 e. The molecule has 1 aliphatic heterocycles. The molecule has 0 spiro atoms. The van der Waals surface area contributed by atoms with E-state index in [-0.39, 0.29) is 6.10 Å². The van der Waals surface area contributed by atoms with Crippen LogP contribution in [-0.2, 0) is 6.54 Å². The van der Waals surface area contributed by atoms with E-state index in [9.17, 15) is 0 Å². The fourth-order valence-corrected chi connectivity index (χ4v) is 3.41. The van der Waals surface area contributed by atoms with Gasteiger partial charge in [0, 0.05) is 37.1 Å². The van der Waals surface area contributed by atoms with E-state index >= 15 is 0 Å². The van der Waals surface area contributed by atoms with Crippen molar-refractivity contribution in [2.24, 2.45) is 0 Å². The first kappa shape index (κ1) is 15.0. The van der Waals surface area contributed by atoms with E-state index < -0.39 is 0 Å². The number of hydrogen-bond donors (Lipinski definition) is 2. The maximum absolute atomic E-state index is 6.24. The molecule has 3 heterocycles. The van der Waals surface area contributed by atoms with Gasteiger partial charge in [-0.3, -0.25) is 4.90 Å². The van der Waals surface area contributed by atoms with E-state index in [0.717, 1.165) is 42.6 Å². The zero-order valence-electron chi connectivity index (χ0n) is 13.6. The van der Waals surface area contributed by atoms with Crippen LogP contribution in [0.4, 0.5) is 5.82 Å².